The second-order valence-electron chi connectivity index (χ2n) is 8.52. The summed E-state index contributed by atoms with van der Waals surface area (Å²) in [7, 11) is 1.36. The van der Waals surface area contributed by atoms with Gasteiger partial charge in [0.25, 0.3) is 5.91 Å². The third kappa shape index (κ3) is 5.51. The van der Waals surface area contributed by atoms with E-state index < -0.39 is 0 Å². The van der Waals surface area contributed by atoms with E-state index in [4.69, 9.17) is 15.5 Å². The monoisotopic (exact) mass is 449 g/mol. The molecule has 174 valence electrons. The molecule has 8 heteroatoms. The van der Waals surface area contributed by atoms with Gasteiger partial charge in [-0.1, -0.05) is 30.3 Å². The van der Waals surface area contributed by atoms with Crippen LogP contribution in [0.15, 0.2) is 48.7 Å². The number of pyridine rings is 1. The smallest absolute Gasteiger partial charge is 0.325 e. The van der Waals surface area contributed by atoms with Crippen LogP contribution in [0.2, 0.25) is 0 Å². The first kappa shape index (κ1) is 22.8. The summed E-state index contributed by atoms with van der Waals surface area (Å²) in [4.78, 5) is 29.7. The van der Waals surface area contributed by atoms with Crippen LogP contribution in [0.4, 0.5) is 5.82 Å². The lowest BCUT2D eigenvalue weighted by atomic mass is 9.91. The second-order valence-corrected chi connectivity index (χ2v) is 8.52. The van der Waals surface area contributed by atoms with E-state index >= 15 is 0 Å². The van der Waals surface area contributed by atoms with Gasteiger partial charge in [-0.05, 0) is 56.2 Å². The van der Waals surface area contributed by atoms with Crippen molar-refractivity contribution in [1.82, 2.24) is 14.7 Å². The van der Waals surface area contributed by atoms with Gasteiger partial charge in [0.05, 0.1) is 18.4 Å². The number of fused-ring (bicyclic) bond motifs is 1. The Morgan fingerprint density at radius 2 is 1.85 bits per heavy atom. The predicted molar refractivity (Wildman–Crippen MR) is 127 cm³/mol. The molecule has 3 aromatic rings. The highest BCUT2D eigenvalue weighted by atomic mass is 16.5. The van der Waals surface area contributed by atoms with E-state index in [2.05, 4.69) is 22.8 Å². The van der Waals surface area contributed by atoms with Crippen LogP contribution in [0, 0.1) is 0 Å². The molecule has 4 rings (SSSR count). The number of hydrogen-bond donors (Lipinski definition) is 3. The standard InChI is InChI=1S/C25H31N5O3/c1-33-22(31)16-27-24-21(14-9-17-6-3-2-4-7-17)29-23-20(8-5-15-30(23)24)25(32)28-19-12-10-18(26)11-13-19/h2-8,15,18-19,27H,9-14,16,26H2,1H3,(H,28,32). The van der Waals surface area contributed by atoms with Gasteiger partial charge in [-0.2, -0.15) is 0 Å². The molecule has 0 saturated heterocycles. The first-order valence-electron chi connectivity index (χ1n) is 11.5. The molecule has 0 aliphatic heterocycles. The summed E-state index contributed by atoms with van der Waals surface area (Å²) in [6.45, 7) is 0.0153. The number of amides is 1. The van der Waals surface area contributed by atoms with Gasteiger partial charge in [0.1, 0.15) is 12.4 Å². The Morgan fingerprint density at radius 1 is 1.09 bits per heavy atom. The quantitative estimate of drug-likeness (QED) is 0.456. The Hall–Kier alpha value is -3.39. The summed E-state index contributed by atoms with van der Waals surface area (Å²) in [5, 5.41) is 6.31. The molecule has 0 spiro atoms. The third-order valence-corrected chi connectivity index (χ3v) is 6.20. The average molecular weight is 450 g/mol. The lowest BCUT2D eigenvalue weighted by Crippen LogP contribution is -2.40. The number of anilines is 1. The molecule has 4 N–H and O–H groups in total. The summed E-state index contributed by atoms with van der Waals surface area (Å²) in [6, 6.07) is 14.1. The fourth-order valence-corrected chi connectivity index (χ4v) is 4.32. The van der Waals surface area contributed by atoms with Crippen molar-refractivity contribution in [3.05, 3.63) is 65.5 Å². The minimum atomic E-state index is -0.372. The highest BCUT2D eigenvalue weighted by Gasteiger charge is 2.23. The molecule has 2 heterocycles. The first-order valence-corrected chi connectivity index (χ1v) is 11.5. The van der Waals surface area contributed by atoms with E-state index in [-0.39, 0.29) is 30.5 Å². The zero-order valence-corrected chi connectivity index (χ0v) is 18.9. The molecular weight excluding hydrogens is 418 g/mol. The lowest BCUT2D eigenvalue weighted by molar-refractivity contribution is -0.138. The molecule has 0 atom stereocenters. The molecule has 0 unspecified atom stereocenters. The maximum Gasteiger partial charge on any atom is 0.325 e. The van der Waals surface area contributed by atoms with Crippen LogP contribution in [-0.4, -0.2) is 47.0 Å². The fourth-order valence-electron chi connectivity index (χ4n) is 4.32. The van der Waals surface area contributed by atoms with Crippen molar-refractivity contribution >= 4 is 23.3 Å². The minimum absolute atomic E-state index is 0.0153. The van der Waals surface area contributed by atoms with Crippen LogP contribution >= 0.6 is 0 Å². The van der Waals surface area contributed by atoms with Crippen molar-refractivity contribution in [3.8, 4) is 0 Å². The van der Waals surface area contributed by atoms with Crippen molar-refractivity contribution in [2.24, 2.45) is 5.73 Å². The number of ether oxygens (including phenoxy) is 1. The highest BCUT2D eigenvalue weighted by Crippen LogP contribution is 2.24. The number of aryl methyl sites for hydroxylation is 2. The van der Waals surface area contributed by atoms with Crippen molar-refractivity contribution in [2.45, 2.75) is 50.6 Å². The van der Waals surface area contributed by atoms with E-state index in [1.54, 1.807) is 6.07 Å². The largest absolute Gasteiger partial charge is 0.468 e. The van der Waals surface area contributed by atoms with E-state index in [9.17, 15) is 9.59 Å². The summed E-state index contributed by atoms with van der Waals surface area (Å²) >= 11 is 0. The number of nitrogens with two attached hydrogens (primary N) is 1. The van der Waals surface area contributed by atoms with Crippen molar-refractivity contribution < 1.29 is 14.3 Å². The normalized spacial score (nSPS) is 18.1. The molecule has 1 amide bonds. The Labute approximate surface area is 193 Å². The molecule has 1 aromatic carbocycles. The number of rotatable bonds is 8. The number of benzene rings is 1. The van der Waals surface area contributed by atoms with Crippen LogP contribution in [0.3, 0.4) is 0 Å². The average Bonchev–Trinajstić information content (AvgIpc) is 3.20. The van der Waals surface area contributed by atoms with Gasteiger partial charge in [0, 0.05) is 18.3 Å². The van der Waals surface area contributed by atoms with Gasteiger partial charge in [-0.15, -0.1) is 0 Å². The zero-order valence-electron chi connectivity index (χ0n) is 18.9. The number of nitrogens with one attached hydrogen (secondary N) is 2. The predicted octanol–water partition coefficient (Wildman–Crippen LogP) is 2.70. The van der Waals surface area contributed by atoms with Gasteiger partial charge in [-0.3, -0.25) is 14.0 Å². The lowest BCUT2D eigenvalue weighted by Gasteiger charge is -2.26. The van der Waals surface area contributed by atoms with E-state index in [0.29, 0.717) is 23.4 Å². The molecule has 1 aliphatic rings. The Morgan fingerprint density at radius 3 is 2.58 bits per heavy atom. The molecular formula is C25H31N5O3. The number of esters is 1. The van der Waals surface area contributed by atoms with Crippen molar-refractivity contribution in [3.63, 3.8) is 0 Å². The van der Waals surface area contributed by atoms with Crippen LogP contribution in [0.25, 0.3) is 5.65 Å². The van der Waals surface area contributed by atoms with Gasteiger partial charge >= 0.3 is 5.97 Å². The van der Waals surface area contributed by atoms with E-state index in [1.807, 2.05) is 34.9 Å². The van der Waals surface area contributed by atoms with Crippen LogP contribution in [0.5, 0.6) is 0 Å². The Balaban J connectivity index is 1.61. The topological polar surface area (TPSA) is 111 Å². The number of nitrogens with zero attached hydrogens (tertiary/aromatic N) is 2. The summed E-state index contributed by atoms with van der Waals surface area (Å²) in [5.74, 6) is 0.188. The van der Waals surface area contributed by atoms with E-state index in [1.165, 1.54) is 12.7 Å². The van der Waals surface area contributed by atoms with Crippen LogP contribution in [-0.2, 0) is 22.4 Å². The van der Waals surface area contributed by atoms with Crippen LogP contribution < -0.4 is 16.4 Å². The van der Waals surface area contributed by atoms with Crippen molar-refractivity contribution in [1.29, 1.82) is 0 Å². The Bertz CT molecular complexity index is 1100. The van der Waals surface area contributed by atoms with Gasteiger partial charge in [0.15, 0.2) is 5.65 Å². The van der Waals surface area contributed by atoms with Crippen molar-refractivity contribution in [2.75, 3.05) is 19.0 Å². The third-order valence-electron chi connectivity index (χ3n) is 6.20. The maximum atomic E-state index is 13.1. The van der Waals surface area contributed by atoms with Crippen LogP contribution in [0.1, 0.15) is 47.3 Å². The molecule has 0 bridgehead atoms. The first-order chi connectivity index (χ1) is 16.0. The number of aromatic nitrogens is 2. The zero-order chi connectivity index (χ0) is 23.2. The van der Waals surface area contributed by atoms with E-state index in [0.717, 1.165) is 37.8 Å². The summed E-state index contributed by atoms with van der Waals surface area (Å²) in [6.07, 6.45) is 6.92. The van der Waals surface area contributed by atoms with Gasteiger partial charge in [-0.25, -0.2) is 4.98 Å². The molecule has 1 fully saturated rings. The molecule has 33 heavy (non-hydrogen) atoms. The fraction of sp³-hybridized carbons (Fsp3) is 0.400. The SMILES string of the molecule is COC(=O)CNc1c(CCc2ccccc2)nc2c(C(=O)NC3CCC(N)CC3)cccn12. The molecule has 0 radical (unpaired) electrons. The number of carbonyl (C=O) groups is 2. The molecule has 8 nitrogen and oxygen atoms in total. The maximum absolute atomic E-state index is 13.1. The summed E-state index contributed by atoms with van der Waals surface area (Å²) in [5.41, 5.74) is 9.07. The number of imidazole rings is 1. The highest BCUT2D eigenvalue weighted by molar-refractivity contribution is 6.00. The van der Waals surface area contributed by atoms with Gasteiger partial charge in [0.2, 0.25) is 0 Å². The molecule has 2 aromatic heterocycles. The number of methoxy groups -OCH3 is 1. The van der Waals surface area contributed by atoms with Gasteiger partial charge < -0.3 is 21.1 Å². The number of hydrogen-bond acceptors (Lipinski definition) is 6. The molecule has 1 aliphatic carbocycles. The number of carbonyl (C=O) groups excluding carboxylic acids is 2. The summed E-state index contributed by atoms with van der Waals surface area (Å²) < 4.78 is 6.62. The Kier molecular flexibility index (Phi) is 7.24. The minimum Gasteiger partial charge on any atom is -0.468 e. The molecule has 1 saturated carbocycles. The second kappa shape index (κ2) is 10.5.